The van der Waals surface area contributed by atoms with Gasteiger partial charge in [0.05, 0.1) is 7.11 Å². The highest BCUT2D eigenvalue weighted by molar-refractivity contribution is 6.35. The van der Waals surface area contributed by atoms with Crippen LogP contribution in [-0.2, 0) is 16.0 Å². The summed E-state index contributed by atoms with van der Waals surface area (Å²) in [6.07, 6.45) is 0.664. The Balaban J connectivity index is 1.76. The third-order valence-electron chi connectivity index (χ3n) is 3.43. The van der Waals surface area contributed by atoms with Crippen LogP contribution in [0.15, 0.2) is 24.3 Å². The molecule has 1 saturated heterocycles. The first kappa shape index (κ1) is 15.3. The normalized spacial score (nSPS) is 14.6. The van der Waals surface area contributed by atoms with Crippen LogP contribution < -0.4 is 15.4 Å². The molecule has 114 valence electrons. The summed E-state index contributed by atoms with van der Waals surface area (Å²) in [6, 6.07) is 7.66. The lowest BCUT2D eigenvalue weighted by atomic mass is 10.1. The first-order valence-electron chi connectivity index (χ1n) is 7.11. The van der Waals surface area contributed by atoms with Gasteiger partial charge in [-0.05, 0) is 24.1 Å². The fourth-order valence-electron chi connectivity index (χ4n) is 2.24. The van der Waals surface area contributed by atoms with Gasteiger partial charge in [0.1, 0.15) is 5.75 Å². The van der Waals surface area contributed by atoms with Crippen molar-refractivity contribution in [2.75, 3.05) is 39.8 Å². The number of piperazine rings is 1. The third-order valence-corrected chi connectivity index (χ3v) is 3.43. The van der Waals surface area contributed by atoms with Crippen LogP contribution in [0.25, 0.3) is 0 Å². The van der Waals surface area contributed by atoms with Crippen molar-refractivity contribution in [2.45, 2.75) is 6.42 Å². The fourth-order valence-corrected chi connectivity index (χ4v) is 2.24. The van der Waals surface area contributed by atoms with Gasteiger partial charge in [-0.2, -0.15) is 0 Å². The Hall–Kier alpha value is -2.08. The molecule has 1 heterocycles. The molecule has 2 rings (SSSR count). The van der Waals surface area contributed by atoms with Crippen molar-refractivity contribution >= 4 is 11.8 Å². The van der Waals surface area contributed by atoms with E-state index in [1.165, 1.54) is 0 Å². The van der Waals surface area contributed by atoms with E-state index in [0.29, 0.717) is 26.1 Å². The predicted octanol–water partition coefficient (Wildman–Crippen LogP) is -0.214. The highest BCUT2D eigenvalue weighted by atomic mass is 16.5. The Morgan fingerprint density at radius 3 is 2.81 bits per heavy atom. The van der Waals surface area contributed by atoms with Gasteiger partial charge >= 0.3 is 11.8 Å². The molecule has 21 heavy (non-hydrogen) atoms. The maximum Gasteiger partial charge on any atom is 0.311 e. The van der Waals surface area contributed by atoms with Gasteiger partial charge in [0, 0.05) is 32.7 Å². The van der Waals surface area contributed by atoms with Crippen LogP contribution in [0.1, 0.15) is 5.56 Å². The van der Waals surface area contributed by atoms with Crippen LogP contribution >= 0.6 is 0 Å². The summed E-state index contributed by atoms with van der Waals surface area (Å²) in [6.45, 7) is 3.08. The Bertz CT molecular complexity index is 499. The number of carbonyl (C=O) groups is 2. The van der Waals surface area contributed by atoms with Crippen molar-refractivity contribution in [3.8, 4) is 5.75 Å². The van der Waals surface area contributed by atoms with Crippen molar-refractivity contribution in [3.63, 3.8) is 0 Å². The fraction of sp³-hybridized carbons (Fsp3) is 0.467. The Morgan fingerprint density at radius 2 is 2.10 bits per heavy atom. The van der Waals surface area contributed by atoms with E-state index in [2.05, 4.69) is 10.6 Å². The topological polar surface area (TPSA) is 70.7 Å². The Kier molecular flexibility index (Phi) is 5.57. The minimum Gasteiger partial charge on any atom is -0.497 e. The first-order valence-corrected chi connectivity index (χ1v) is 7.11. The zero-order chi connectivity index (χ0) is 15.1. The lowest BCUT2D eigenvalue weighted by molar-refractivity contribution is -0.146. The average molecular weight is 291 g/mol. The lowest BCUT2D eigenvalue weighted by Crippen LogP contribution is -2.51. The Labute approximate surface area is 124 Å². The summed E-state index contributed by atoms with van der Waals surface area (Å²) in [7, 11) is 1.62. The maximum absolute atomic E-state index is 11.9. The average Bonchev–Trinajstić information content (AvgIpc) is 2.55. The largest absolute Gasteiger partial charge is 0.497 e. The molecule has 0 bridgehead atoms. The van der Waals surface area contributed by atoms with Gasteiger partial charge in [-0.3, -0.25) is 9.59 Å². The first-order chi connectivity index (χ1) is 10.2. The van der Waals surface area contributed by atoms with Crippen molar-refractivity contribution in [1.29, 1.82) is 0 Å². The SMILES string of the molecule is COc1cccc(CCNC(=O)C(=O)N2CCNCC2)c1. The second-order valence-corrected chi connectivity index (χ2v) is 4.90. The summed E-state index contributed by atoms with van der Waals surface area (Å²) in [5, 5.41) is 5.82. The number of ether oxygens (including phenoxy) is 1. The standard InChI is InChI=1S/C15H21N3O3/c1-21-13-4-2-3-12(11-13)5-6-17-14(19)15(20)18-9-7-16-8-10-18/h2-4,11,16H,5-10H2,1H3,(H,17,19). The van der Waals surface area contributed by atoms with Gasteiger partial charge in [-0.15, -0.1) is 0 Å². The van der Waals surface area contributed by atoms with Crippen LogP contribution in [-0.4, -0.2) is 56.5 Å². The molecular formula is C15H21N3O3. The number of methoxy groups -OCH3 is 1. The second kappa shape index (κ2) is 7.64. The van der Waals surface area contributed by atoms with Crippen LogP contribution in [0, 0.1) is 0 Å². The van der Waals surface area contributed by atoms with Gasteiger partial charge in [0.25, 0.3) is 0 Å². The van der Waals surface area contributed by atoms with Gasteiger partial charge in [0.15, 0.2) is 0 Å². The van der Waals surface area contributed by atoms with E-state index >= 15 is 0 Å². The molecule has 1 aromatic carbocycles. The van der Waals surface area contributed by atoms with Gasteiger partial charge in [-0.25, -0.2) is 0 Å². The van der Waals surface area contributed by atoms with Crippen molar-refractivity contribution < 1.29 is 14.3 Å². The Morgan fingerprint density at radius 1 is 1.33 bits per heavy atom. The number of amides is 2. The summed E-state index contributed by atoms with van der Waals surface area (Å²) in [5.41, 5.74) is 1.06. The summed E-state index contributed by atoms with van der Waals surface area (Å²) >= 11 is 0. The zero-order valence-electron chi connectivity index (χ0n) is 12.2. The molecule has 2 amide bonds. The van der Waals surface area contributed by atoms with Gasteiger partial charge < -0.3 is 20.3 Å². The number of rotatable bonds is 4. The highest BCUT2D eigenvalue weighted by Crippen LogP contribution is 2.12. The number of benzene rings is 1. The molecule has 0 atom stereocenters. The smallest absolute Gasteiger partial charge is 0.311 e. The quantitative estimate of drug-likeness (QED) is 0.753. The van der Waals surface area contributed by atoms with Gasteiger partial charge in [0.2, 0.25) is 0 Å². The van der Waals surface area contributed by atoms with E-state index in [-0.39, 0.29) is 0 Å². The monoisotopic (exact) mass is 291 g/mol. The van der Waals surface area contributed by atoms with E-state index < -0.39 is 11.8 Å². The lowest BCUT2D eigenvalue weighted by Gasteiger charge is -2.26. The molecule has 0 radical (unpaired) electrons. The molecule has 0 unspecified atom stereocenters. The van der Waals surface area contributed by atoms with Crippen LogP contribution in [0.5, 0.6) is 5.75 Å². The van der Waals surface area contributed by atoms with Gasteiger partial charge in [-0.1, -0.05) is 12.1 Å². The molecule has 1 aliphatic rings. The van der Waals surface area contributed by atoms with E-state index in [1.54, 1.807) is 12.0 Å². The minimum atomic E-state index is -0.528. The number of nitrogens with one attached hydrogen (secondary N) is 2. The van der Waals surface area contributed by atoms with Crippen LogP contribution in [0.3, 0.4) is 0 Å². The van der Waals surface area contributed by atoms with E-state index in [4.69, 9.17) is 4.74 Å². The molecule has 2 N–H and O–H groups in total. The van der Waals surface area contributed by atoms with Crippen molar-refractivity contribution in [3.05, 3.63) is 29.8 Å². The molecular weight excluding hydrogens is 270 g/mol. The maximum atomic E-state index is 11.9. The molecule has 0 aromatic heterocycles. The number of carbonyl (C=O) groups excluding carboxylic acids is 2. The van der Waals surface area contributed by atoms with E-state index in [0.717, 1.165) is 24.4 Å². The summed E-state index contributed by atoms with van der Waals surface area (Å²) in [5.74, 6) is -0.183. The van der Waals surface area contributed by atoms with Crippen LogP contribution in [0.2, 0.25) is 0 Å². The predicted molar refractivity (Wildman–Crippen MR) is 79.2 cm³/mol. The molecule has 6 heteroatoms. The third kappa shape index (κ3) is 4.46. The second-order valence-electron chi connectivity index (χ2n) is 4.90. The number of nitrogens with zero attached hydrogens (tertiary/aromatic N) is 1. The summed E-state index contributed by atoms with van der Waals surface area (Å²) < 4.78 is 5.15. The van der Waals surface area contributed by atoms with Crippen LogP contribution in [0.4, 0.5) is 0 Å². The zero-order valence-corrected chi connectivity index (χ0v) is 12.2. The molecule has 6 nitrogen and oxygen atoms in total. The molecule has 0 saturated carbocycles. The van der Waals surface area contributed by atoms with Crippen molar-refractivity contribution in [1.82, 2.24) is 15.5 Å². The molecule has 1 aromatic rings. The molecule has 1 aliphatic heterocycles. The number of hydrogen-bond acceptors (Lipinski definition) is 4. The molecule has 1 fully saturated rings. The van der Waals surface area contributed by atoms with Crippen molar-refractivity contribution in [2.24, 2.45) is 0 Å². The highest BCUT2D eigenvalue weighted by Gasteiger charge is 2.22. The molecule has 0 aliphatic carbocycles. The summed E-state index contributed by atoms with van der Waals surface area (Å²) in [4.78, 5) is 25.3. The number of hydrogen-bond donors (Lipinski definition) is 2. The minimum absolute atomic E-state index is 0.434. The molecule has 0 spiro atoms. The van der Waals surface area contributed by atoms with E-state index in [1.807, 2.05) is 24.3 Å². The van der Waals surface area contributed by atoms with E-state index in [9.17, 15) is 9.59 Å².